The molecule has 1 heterocycles. The van der Waals surface area contributed by atoms with Crippen molar-refractivity contribution in [3.05, 3.63) is 64.7 Å². The van der Waals surface area contributed by atoms with Crippen molar-refractivity contribution in [2.45, 2.75) is 33.4 Å². The Bertz CT molecular complexity index is 1010. The summed E-state index contributed by atoms with van der Waals surface area (Å²) in [6.45, 7) is 5.58. The standard InChI is InChI=1S/C20H21N5O3/c1-12-4-7-15(8-5-12)19-22-24-25(23-19)11-17(26)21-18(20(27)28)16-9-6-13(2)14(3)10-16/h4-10,18H,11H2,1-3H3,(H,21,26)(H,27,28). The normalized spacial score (nSPS) is 11.8. The lowest BCUT2D eigenvalue weighted by molar-refractivity contribution is -0.142. The zero-order valence-corrected chi connectivity index (χ0v) is 15.9. The van der Waals surface area contributed by atoms with Gasteiger partial charge in [-0.3, -0.25) is 4.79 Å². The molecule has 1 unspecified atom stereocenters. The molecule has 144 valence electrons. The zero-order valence-electron chi connectivity index (χ0n) is 15.9. The van der Waals surface area contributed by atoms with E-state index in [-0.39, 0.29) is 6.54 Å². The number of carbonyl (C=O) groups excluding carboxylic acids is 1. The van der Waals surface area contributed by atoms with Gasteiger partial charge in [0.2, 0.25) is 11.7 Å². The van der Waals surface area contributed by atoms with Crippen LogP contribution in [-0.2, 0) is 16.1 Å². The summed E-state index contributed by atoms with van der Waals surface area (Å²) in [4.78, 5) is 25.1. The summed E-state index contributed by atoms with van der Waals surface area (Å²) in [5.74, 6) is -1.25. The smallest absolute Gasteiger partial charge is 0.330 e. The van der Waals surface area contributed by atoms with E-state index >= 15 is 0 Å². The number of hydrogen-bond donors (Lipinski definition) is 2. The highest BCUT2D eigenvalue weighted by Crippen LogP contribution is 2.18. The summed E-state index contributed by atoms with van der Waals surface area (Å²) in [6, 6.07) is 11.8. The van der Waals surface area contributed by atoms with Gasteiger partial charge in [-0.15, -0.1) is 10.2 Å². The van der Waals surface area contributed by atoms with Gasteiger partial charge in [0.1, 0.15) is 6.54 Å². The average Bonchev–Trinajstić information content (AvgIpc) is 3.11. The fourth-order valence-electron chi connectivity index (χ4n) is 2.70. The van der Waals surface area contributed by atoms with Gasteiger partial charge in [0, 0.05) is 5.56 Å². The lowest BCUT2D eigenvalue weighted by Crippen LogP contribution is -2.36. The minimum atomic E-state index is -1.15. The number of aromatic nitrogens is 4. The van der Waals surface area contributed by atoms with Gasteiger partial charge in [0.05, 0.1) is 0 Å². The van der Waals surface area contributed by atoms with E-state index < -0.39 is 17.9 Å². The number of amides is 1. The van der Waals surface area contributed by atoms with E-state index in [1.807, 2.05) is 51.1 Å². The third-order valence-electron chi connectivity index (χ3n) is 4.46. The lowest BCUT2D eigenvalue weighted by atomic mass is 10.0. The Kier molecular flexibility index (Phi) is 5.49. The molecule has 1 amide bonds. The van der Waals surface area contributed by atoms with E-state index in [9.17, 15) is 14.7 Å². The van der Waals surface area contributed by atoms with Gasteiger partial charge in [0.15, 0.2) is 6.04 Å². The van der Waals surface area contributed by atoms with Crippen LogP contribution in [0.5, 0.6) is 0 Å². The molecule has 2 aromatic carbocycles. The first-order valence-electron chi connectivity index (χ1n) is 8.77. The first-order valence-corrected chi connectivity index (χ1v) is 8.77. The lowest BCUT2D eigenvalue weighted by Gasteiger charge is -2.16. The first kappa shape index (κ1) is 19.2. The van der Waals surface area contributed by atoms with Gasteiger partial charge in [-0.25, -0.2) is 4.79 Å². The van der Waals surface area contributed by atoms with Crippen molar-refractivity contribution in [1.82, 2.24) is 25.5 Å². The highest BCUT2D eigenvalue weighted by atomic mass is 16.4. The van der Waals surface area contributed by atoms with Gasteiger partial charge < -0.3 is 10.4 Å². The van der Waals surface area contributed by atoms with Crippen molar-refractivity contribution in [3.63, 3.8) is 0 Å². The number of nitrogens with one attached hydrogen (secondary N) is 1. The van der Waals surface area contributed by atoms with Gasteiger partial charge in [-0.05, 0) is 42.7 Å². The van der Waals surface area contributed by atoms with Gasteiger partial charge in [-0.1, -0.05) is 48.0 Å². The number of carbonyl (C=O) groups is 2. The molecule has 0 fully saturated rings. The summed E-state index contributed by atoms with van der Waals surface area (Å²) in [5, 5.41) is 24.0. The van der Waals surface area contributed by atoms with E-state index in [4.69, 9.17) is 0 Å². The number of hydrogen-bond acceptors (Lipinski definition) is 5. The van der Waals surface area contributed by atoms with Crippen molar-refractivity contribution < 1.29 is 14.7 Å². The van der Waals surface area contributed by atoms with Crippen LogP contribution in [0.25, 0.3) is 11.4 Å². The Labute approximate surface area is 162 Å². The van der Waals surface area contributed by atoms with Crippen molar-refractivity contribution in [2.24, 2.45) is 0 Å². The number of nitrogens with zero attached hydrogens (tertiary/aromatic N) is 4. The van der Waals surface area contributed by atoms with Gasteiger partial charge >= 0.3 is 5.97 Å². The second-order valence-corrected chi connectivity index (χ2v) is 6.69. The molecule has 0 aliphatic carbocycles. The number of carboxylic acids is 1. The Hall–Kier alpha value is -3.55. The van der Waals surface area contributed by atoms with Crippen LogP contribution in [0.4, 0.5) is 0 Å². The van der Waals surface area contributed by atoms with Crippen molar-refractivity contribution in [2.75, 3.05) is 0 Å². The van der Waals surface area contributed by atoms with Crippen molar-refractivity contribution >= 4 is 11.9 Å². The van der Waals surface area contributed by atoms with Gasteiger partial charge in [-0.2, -0.15) is 4.80 Å². The monoisotopic (exact) mass is 379 g/mol. The highest BCUT2D eigenvalue weighted by Gasteiger charge is 2.23. The van der Waals surface area contributed by atoms with Crippen LogP contribution < -0.4 is 5.32 Å². The molecule has 8 heteroatoms. The third kappa shape index (κ3) is 4.40. The molecule has 1 aromatic heterocycles. The molecule has 0 bridgehead atoms. The van der Waals surface area contributed by atoms with Crippen LogP contribution >= 0.6 is 0 Å². The Balaban J connectivity index is 1.70. The molecule has 0 aliphatic heterocycles. The van der Waals surface area contributed by atoms with E-state index in [1.54, 1.807) is 12.1 Å². The Morgan fingerprint density at radius 2 is 1.79 bits per heavy atom. The predicted octanol–water partition coefficient (Wildman–Crippen LogP) is 2.21. The maximum atomic E-state index is 12.3. The Morgan fingerprint density at radius 1 is 1.07 bits per heavy atom. The molecule has 0 saturated carbocycles. The largest absolute Gasteiger partial charge is 0.479 e. The molecule has 0 saturated heterocycles. The number of aryl methyl sites for hydroxylation is 3. The van der Waals surface area contributed by atoms with Crippen LogP contribution in [0.3, 0.4) is 0 Å². The zero-order chi connectivity index (χ0) is 20.3. The van der Waals surface area contributed by atoms with Crippen molar-refractivity contribution in [3.8, 4) is 11.4 Å². The van der Waals surface area contributed by atoms with E-state index in [0.717, 1.165) is 27.1 Å². The maximum absolute atomic E-state index is 12.3. The molecule has 1 atom stereocenters. The number of aliphatic carboxylic acids is 1. The molecule has 28 heavy (non-hydrogen) atoms. The molecule has 0 radical (unpaired) electrons. The van der Waals surface area contributed by atoms with E-state index in [0.29, 0.717) is 11.4 Å². The second kappa shape index (κ2) is 7.99. The summed E-state index contributed by atoms with van der Waals surface area (Å²) in [6.07, 6.45) is 0. The second-order valence-electron chi connectivity index (χ2n) is 6.69. The van der Waals surface area contributed by atoms with Crippen LogP contribution in [0.15, 0.2) is 42.5 Å². The minimum Gasteiger partial charge on any atom is -0.479 e. The third-order valence-corrected chi connectivity index (χ3v) is 4.46. The fourth-order valence-corrected chi connectivity index (χ4v) is 2.70. The molecule has 3 rings (SSSR count). The van der Waals surface area contributed by atoms with E-state index in [2.05, 4.69) is 20.7 Å². The van der Waals surface area contributed by atoms with Crippen LogP contribution in [-0.4, -0.2) is 37.2 Å². The van der Waals surface area contributed by atoms with Crippen molar-refractivity contribution in [1.29, 1.82) is 0 Å². The minimum absolute atomic E-state index is 0.229. The summed E-state index contributed by atoms with van der Waals surface area (Å²) in [5.41, 5.74) is 4.42. The number of rotatable bonds is 6. The quantitative estimate of drug-likeness (QED) is 0.679. The topological polar surface area (TPSA) is 110 Å². The van der Waals surface area contributed by atoms with E-state index in [1.165, 1.54) is 0 Å². The summed E-state index contributed by atoms with van der Waals surface area (Å²) < 4.78 is 0. The number of carboxylic acid groups (broad SMARTS) is 1. The number of benzene rings is 2. The molecular weight excluding hydrogens is 358 g/mol. The predicted molar refractivity (Wildman–Crippen MR) is 102 cm³/mol. The van der Waals surface area contributed by atoms with Crippen LogP contribution in [0.2, 0.25) is 0 Å². The molecule has 8 nitrogen and oxygen atoms in total. The molecule has 0 spiro atoms. The first-order chi connectivity index (χ1) is 13.3. The molecule has 2 N–H and O–H groups in total. The summed E-state index contributed by atoms with van der Waals surface area (Å²) >= 11 is 0. The maximum Gasteiger partial charge on any atom is 0.330 e. The highest BCUT2D eigenvalue weighted by molar-refractivity contribution is 5.84. The fraction of sp³-hybridized carbons (Fsp3) is 0.250. The van der Waals surface area contributed by atoms with Gasteiger partial charge in [0.25, 0.3) is 0 Å². The molecular formula is C20H21N5O3. The number of tetrazole rings is 1. The SMILES string of the molecule is Cc1ccc(-c2nnn(CC(=O)NC(C(=O)O)c3ccc(C)c(C)c3)n2)cc1. The Morgan fingerprint density at radius 3 is 2.43 bits per heavy atom. The molecule has 0 aliphatic rings. The molecule has 3 aromatic rings. The summed E-state index contributed by atoms with van der Waals surface area (Å²) in [7, 11) is 0. The average molecular weight is 379 g/mol. The van der Waals surface area contributed by atoms with Crippen LogP contribution in [0, 0.1) is 20.8 Å². The van der Waals surface area contributed by atoms with Crippen LogP contribution in [0.1, 0.15) is 28.3 Å².